The first-order valence-electron chi connectivity index (χ1n) is 6.84. The van der Waals surface area contributed by atoms with Crippen LogP contribution in [0.5, 0.6) is 5.88 Å². The highest BCUT2D eigenvalue weighted by atomic mass is 16.5. The Morgan fingerprint density at radius 1 is 1.12 bits per heavy atom. The van der Waals surface area contributed by atoms with Crippen molar-refractivity contribution in [1.82, 2.24) is 14.7 Å². The van der Waals surface area contributed by atoms with Gasteiger partial charge in [-0.25, -0.2) is 0 Å². The zero-order valence-corrected chi connectivity index (χ0v) is 10.4. The van der Waals surface area contributed by atoms with E-state index in [1.165, 1.54) is 44.5 Å². The van der Waals surface area contributed by atoms with Gasteiger partial charge in [0.2, 0.25) is 5.88 Å². The number of hydrogen-bond acceptors (Lipinski definition) is 3. The summed E-state index contributed by atoms with van der Waals surface area (Å²) in [6, 6.07) is 2.11. The van der Waals surface area contributed by atoms with E-state index in [4.69, 9.17) is 4.74 Å². The molecule has 1 aromatic rings. The number of likely N-dealkylation sites (tertiary alicyclic amines) is 1. The number of aryl methyl sites for hydroxylation is 2. The van der Waals surface area contributed by atoms with Gasteiger partial charge in [0, 0.05) is 24.8 Å². The lowest BCUT2D eigenvalue weighted by Gasteiger charge is -2.13. The van der Waals surface area contributed by atoms with Crippen LogP contribution in [0.1, 0.15) is 31.4 Å². The van der Waals surface area contributed by atoms with Crippen LogP contribution in [-0.2, 0) is 13.0 Å². The molecule has 0 amide bonds. The number of rotatable bonds is 4. The lowest BCUT2D eigenvalue weighted by atomic mass is 10.1. The van der Waals surface area contributed by atoms with Gasteiger partial charge in [0.15, 0.2) is 0 Å². The summed E-state index contributed by atoms with van der Waals surface area (Å²) in [6.07, 6.45) is 6.39. The second kappa shape index (κ2) is 5.08. The van der Waals surface area contributed by atoms with Crippen molar-refractivity contribution in [3.63, 3.8) is 0 Å². The van der Waals surface area contributed by atoms with E-state index in [1.54, 1.807) is 0 Å². The molecule has 0 atom stereocenters. The van der Waals surface area contributed by atoms with Crippen molar-refractivity contribution in [3.05, 3.63) is 11.8 Å². The summed E-state index contributed by atoms with van der Waals surface area (Å²) in [5, 5.41) is 4.49. The summed E-state index contributed by atoms with van der Waals surface area (Å²) in [6.45, 7) is 5.36. The second-order valence-corrected chi connectivity index (χ2v) is 5.05. The van der Waals surface area contributed by atoms with Gasteiger partial charge in [-0.15, -0.1) is 5.10 Å². The lowest BCUT2D eigenvalue weighted by molar-refractivity contribution is 0.230. The average Bonchev–Trinajstić information content (AvgIpc) is 2.96. The van der Waals surface area contributed by atoms with Crippen LogP contribution in [0.3, 0.4) is 0 Å². The average molecular weight is 235 g/mol. The van der Waals surface area contributed by atoms with E-state index in [-0.39, 0.29) is 0 Å². The highest BCUT2D eigenvalue weighted by Crippen LogP contribution is 2.19. The summed E-state index contributed by atoms with van der Waals surface area (Å²) in [5.74, 6) is 0.820. The summed E-state index contributed by atoms with van der Waals surface area (Å²) in [5.41, 5.74) is 1.34. The Kier molecular flexibility index (Phi) is 3.31. The van der Waals surface area contributed by atoms with Crippen molar-refractivity contribution in [3.8, 4) is 5.88 Å². The van der Waals surface area contributed by atoms with Gasteiger partial charge >= 0.3 is 0 Å². The Bertz CT molecular complexity index is 345. The molecular weight excluding hydrogens is 214 g/mol. The molecule has 2 aliphatic rings. The third kappa shape index (κ3) is 2.63. The number of ether oxygens (including phenoxy) is 1. The highest BCUT2D eigenvalue weighted by Gasteiger charge is 2.14. The molecule has 94 valence electrons. The zero-order valence-electron chi connectivity index (χ0n) is 10.4. The topological polar surface area (TPSA) is 30.3 Å². The van der Waals surface area contributed by atoms with Gasteiger partial charge in [-0.3, -0.25) is 9.58 Å². The van der Waals surface area contributed by atoms with E-state index in [2.05, 4.69) is 20.7 Å². The SMILES string of the molecule is c1c(OCCN2CCCC2)nn2c1CCCC2. The van der Waals surface area contributed by atoms with Crippen molar-refractivity contribution in [2.24, 2.45) is 0 Å². The third-order valence-electron chi connectivity index (χ3n) is 3.75. The minimum Gasteiger partial charge on any atom is -0.475 e. The molecule has 0 radical (unpaired) electrons. The van der Waals surface area contributed by atoms with Crippen LogP contribution < -0.4 is 4.74 Å². The Hall–Kier alpha value is -1.03. The molecule has 1 aromatic heterocycles. The maximum Gasteiger partial charge on any atom is 0.233 e. The second-order valence-electron chi connectivity index (χ2n) is 5.05. The lowest BCUT2D eigenvalue weighted by Crippen LogP contribution is -2.25. The van der Waals surface area contributed by atoms with Gasteiger partial charge in [-0.2, -0.15) is 0 Å². The van der Waals surface area contributed by atoms with Crippen LogP contribution >= 0.6 is 0 Å². The van der Waals surface area contributed by atoms with Crippen LogP contribution in [0.2, 0.25) is 0 Å². The minimum absolute atomic E-state index is 0.774. The molecular formula is C13H21N3O. The third-order valence-corrected chi connectivity index (χ3v) is 3.75. The predicted molar refractivity (Wildman–Crippen MR) is 66.3 cm³/mol. The molecule has 2 aliphatic heterocycles. The maximum atomic E-state index is 5.75. The van der Waals surface area contributed by atoms with Crippen molar-refractivity contribution >= 4 is 0 Å². The van der Waals surface area contributed by atoms with Crippen molar-refractivity contribution < 1.29 is 4.74 Å². The number of nitrogens with zero attached hydrogens (tertiary/aromatic N) is 3. The molecule has 1 saturated heterocycles. The van der Waals surface area contributed by atoms with Crippen molar-refractivity contribution in [1.29, 1.82) is 0 Å². The van der Waals surface area contributed by atoms with Gasteiger partial charge in [-0.05, 0) is 45.2 Å². The van der Waals surface area contributed by atoms with Crippen molar-refractivity contribution in [2.75, 3.05) is 26.2 Å². The van der Waals surface area contributed by atoms with Gasteiger partial charge in [0.25, 0.3) is 0 Å². The van der Waals surface area contributed by atoms with Crippen LogP contribution in [0.25, 0.3) is 0 Å². The molecule has 3 rings (SSSR count). The van der Waals surface area contributed by atoms with E-state index < -0.39 is 0 Å². The fourth-order valence-corrected chi connectivity index (χ4v) is 2.75. The predicted octanol–water partition coefficient (Wildman–Crippen LogP) is 1.69. The van der Waals surface area contributed by atoms with Crippen molar-refractivity contribution in [2.45, 2.75) is 38.6 Å². The molecule has 3 heterocycles. The molecule has 0 spiro atoms. The molecule has 4 heteroatoms. The first-order valence-corrected chi connectivity index (χ1v) is 6.84. The van der Waals surface area contributed by atoms with Crippen LogP contribution in [0.4, 0.5) is 0 Å². The van der Waals surface area contributed by atoms with Gasteiger partial charge < -0.3 is 4.74 Å². The summed E-state index contributed by atoms with van der Waals surface area (Å²) < 4.78 is 7.85. The number of hydrogen-bond donors (Lipinski definition) is 0. The zero-order chi connectivity index (χ0) is 11.5. The summed E-state index contributed by atoms with van der Waals surface area (Å²) in [7, 11) is 0. The highest BCUT2D eigenvalue weighted by molar-refractivity contribution is 5.16. The first-order chi connectivity index (χ1) is 8.42. The Morgan fingerprint density at radius 2 is 1.94 bits per heavy atom. The van der Waals surface area contributed by atoms with Crippen LogP contribution in [0.15, 0.2) is 6.07 Å². The fraction of sp³-hybridized carbons (Fsp3) is 0.769. The molecule has 0 unspecified atom stereocenters. The summed E-state index contributed by atoms with van der Waals surface area (Å²) in [4.78, 5) is 2.47. The van der Waals surface area contributed by atoms with Gasteiger partial charge in [0.1, 0.15) is 6.61 Å². The quantitative estimate of drug-likeness (QED) is 0.795. The van der Waals surface area contributed by atoms with E-state index in [9.17, 15) is 0 Å². The monoisotopic (exact) mass is 235 g/mol. The van der Waals surface area contributed by atoms with Crippen LogP contribution in [0, 0.1) is 0 Å². The Labute approximate surface area is 103 Å². The smallest absolute Gasteiger partial charge is 0.233 e. The van der Waals surface area contributed by atoms with Crippen LogP contribution in [-0.4, -0.2) is 40.9 Å². The summed E-state index contributed by atoms with van der Waals surface area (Å²) >= 11 is 0. The van der Waals surface area contributed by atoms with E-state index >= 15 is 0 Å². The molecule has 0 saturated carbocycles. The molecule has 4 nitrogen and oxygen atoms in total. The van der Waals surface area contributed by atoms with Gasteiger partial charge in [0.05, 0.1) is 0 Å². The molecule has 17 heavy (non-hydrogen) atoms. The Morgan fingerprint density at radius 3 is 2.76 bits per heavy atom. The molecule has 0 bridgehead atoms. The fourth-order valence-electron chi connectivity index (χ4n) is 2.75. The normalized spacial score (nSPS) is 20.5. The number of fused-ring (bicyclic) bond motifs is 1. The maximum absolute atomic E-state index is 5.75. The van der Waals surface area contributed by atoms with E-state index in [0.717, 1.165) is 32.0 Å². The largest absolute Gasteiger partial charge is 0.475 e. The number of aromatic nitrogens is 2. The van der Waals surface area contributed by atoms with Gasteiger partial charge in [-0.1, -0.05) is 0 Å². The standard InChI is InChI=1S/C13H21N3O/c1-2-8-16-12(5-1)11-13(14-16)17-10-9-15-6-3-4-7-15/h11H,1-10H2. The molecule has 0 aromatic carbocycles. The molecule has 0 N–H and O–H groups in total. The minimum atomic E-state index is 0.774. The van der Waals surface area contributed by atoms with E-state index in [0.29, 0.717) is 0 Å². The molecule has 0 aliphatic carbocycles. The Balaban J connectivity index is 1.49. The molecule has 1 fully saturated rings. The van der Waals surface area contributed by atoms with E-state index in [1.807, 2.05) is 0 Å². The first kappa shape index (κ1) is 11.1.